The van der Waals surface area contributed by atoms with Gasteiger partial charge in [-0.25, -0.2) is 18.2 Å². The smallest absolute Gasteiger partial charge is 0.346 e. The first kappa shape index (κ1) is 17.6. The molecule has 0 aliphatic rings. The third kappa shape index (κ3) is 3.89. The number of hydrogen-bond acceptors (Lipinski definition) is 5. The summed E-state index contributed by atoms with van der Waals surface area (Å²) in [4.78, 5) is 16.0. The molecule has 2 aromatic heterocycles. The van der Waals surface area contributed by atoms with Gasteiger partial charge in [-0.05, 0) is 41.5 Å². The highest BCUT2D eigenvalue weighted by atomic mass is 35.5. The Morgan fingerprint density at radius 3 is 2.48 bits per heavy atom. The van der Waals surface area contributed by atoms with Crippen molar-refractivity contribution in [1.82, 2.24) is 4.98 Å². The highest BCUT2D eigenvalue weighted by Gasteiger charge is 2.23. The topological polar surface area (TPSA) is 84.3 Å². The van der Waals surface area contributed by atoms with Gasteiger partial charge in [0.05, 0.1) is 5.75 Å². The van der Waals surface area contributed by atoms with Crippen LogP contribution >= 0.6 is 22.9 Å². The number of aromatic nitrogens is 1. The van der Waals surface area contributed by atoms with Crippen molar-refractivity contribution in [3.05, 3.63) is 70.2 Å². The molecule has 3 aromatic rings. The van der Waals surface area contributed by atoms with Crippen LogP contribution in [0.15, 0.2) is 59.8 Å². The van der Waals surface area contributed by atoms with Crippen LogP contribution in [0.1, 0.15) is 15.2 Å². The van der Waals surface area contributed by atoms with Crippen molar-refractivity contribution in [1.29, 1.82) is 0 Å². The second-order valence-corrected chi connectivity index (χ2v) is 8.63. The number of rotatable bonds is 5. The Morgan fingerprint density at radius 1 is 1.16 bits per heavy atom. The van der Waals surface area contributed by atoms with E-state index in [2.05, 4.69) is 4.98 Å². The Hall–Kier alpha value is -2.22. The fourth-order valence-corrected chi connectivity index (χ4v) is 4.82. The number of pyridine rings is 1. The van der Waals surface area contributed by atoms with E-state index in [-0.39, 0.29) is 15.5 Å². The highest BCUT2D eigenvalue weighted by molar-refractivity contribution is 7.90. The van der Waals surface area contributed by atoms with Crippen molar-refractivity contribution >= 4 is 38.7 Å². The van der Waals surface area contributed by atoms with Gasteiger partial charge in [0.1, 0.15) is 4.88 Å². The first-order chi connectivity index (χ1) is 11.9. The van der Waals surface area contributed by atoms with Crippen molar-refractivity contribution in [2.45, 2.75) is 10.8 Å². The van der Waals surface area contributed by atoms with E-state index in [4.69, 9.17) is 11.6 Å². The second-order valence-electron chi connectivity index (χ2n) is 5.20. The number of carbonyl (C=O) groups is 1. The minimum Gasteiger partial charge on any atom is -0.477 e. The van der Waals surface area contributed by atoms with Crippen molar-refractivity contribution in [3.63, 3.8) is 0 Å². The largest absolute Gasteiger partial charge is 0.477 e. The van der Waals surface area contributed by atoms with Gasteiger partial charge >= 0.3 is 5.97 Å². The first-order valence-corrected chi connectivity index (χ1v) is 9.97. The van der Waals surface area contributed by atoms with Gasteiger partial charge in [-0.2, -0.15) is 0 Å². The zero-order valence-electron chi connectivity index (χ0n) is 12.7. The quantitative estimate of drug-likeness (QED) is 0.704. The molecule has 1 aromatic carbocycles. The summed E-state index contributed by atoms with van der Waals surface area (Å²) in [7, 11) is -3.73. The molecule has 0 unspecified atom stereocenters. The van der Waals surface area contributed by atoms with E-state index in [1.54, 1.807) is 42.5 Å². The number of nitrogens with zero attached hydrogens (tertiary/aromatic N) is 1. The molecular weight excluding hydrogens is 382 g/mol. The Kier molecular flexibility index (Phi) is 4.89. The van der Waals surface area contributed by atoms with Gasteiger partial charge in [-0.15, -0.1) is 11.3 Å². The molecule has 128 valence electrons. The summed E-state index contributed by atoms with van der Waals surface area (Å²) in [5.74, 6) is -1.58. The summed E-state index contributed by atoms with van der Waals surface area (Å²) in [6.45, 7) is 0. The molecule has 5 nitrogen and oxygen atoms in total. The molecule has 0 amide bonds. The predicted octanol–water partition coefficient (Wildman–Crippen LogP) is 4.14. The van der Waals surface area contributed by atoms with Gasteiger partial charge in [0, 0.05) is 16.1 Å². The van der Waals surface area contributed by atoms with E-state index in [0.717, 1.165) is 16.9 Å². The maximum atomic E-state index is 12.5. The van der Waals surface area contributed by atoms with Crippen LogP contribution < -0.4 is 0 Å². The number of halogens is 1. The summed E-state index contributed by atoms with van der Waals surface area (Å²) < 4.78 is 25.0. The molecule has 0 spiro atoms. The van der Waals surface area contributed by atoms with Crippen LogP contribution in [0.25, 0.3) is 10.4 Å². The molecule has 0 aliphatic heterocycles. The fraction of sp³-hybridized carbons (Fsp3) is 0.0588. The monoisotopic (exact) mass is 393 g/mol. The highest BCUT2D eigenvalue weighted by Crippen LogP contribution is 2.34. The standard InChI is InChI=1S/C17H12ClNO4S2/c18-13-6-4-11(5-7-13)14-9-12(16(24-14)17(20)21)10-25(22,23)15-3-1-2-8-19-15/h1-9H,10H2,(H,20,21). The number of benzene rings is 1. The molecule has 2 heterocycles. The SMILES string of the molecule is O=C(O)c1sc(-c2ccc(Cl)cc2)cc1CS(=O)(=O)c1ccccn1. The summed E-state index contributed by atoms with van der Waals surface area (Å²) in [6.07, 6.45) is 1.39. The van der Waals surface area contributed by atoms with E-state index in [9.17, 15) is 18.3 Å². The van der Waals surface area contributed by atoms with Gasteiger partial charge in [0.2, 0.25) is 0 Å². The number of carboxylic acids is 1. The second kappa shape index (κ2) is 6.95. The summed E-state index contributed by atoms with van der Waals surface area (Å²) >= 11 is 6.90. The van der Waals surface area contributed by atoms with Crippen molar-refractivity contribution in [3.8, 4) is 10.4 Å². The van der Waals surface area contributed by atoms with Crippen molar-refractivity contribution in [2.24, 2.45) is 0 Å². The van der Waals surface area contributed by atoms with E-state index in [0.29, 0.717) is 9.90 Å². The molecule has 0 radical (unpaired) electrons. The Morgan fingerprint density at radius 2 is 1.88 bits per heavy atom. The van der Waals surface area contributed by atoms with Gasteiger partial charge in [0.15, 0.2) is 14.9 Å². The van der Waals surface area contributed by atoms with E-state index in [1.165, 1.54) is 12.3 Å². The van der Waals surface area contributed by atoms with Crippen LogP contribution in [0.4, 0.5) is 0 Å². The minimum absolute atomic E-state index is 0.00413. The van der Waals surface area contributed by atoms with Crippen molar-refractivity contribution < 1.29 is 18.3 Å². The summed E-state index contributed by atoms with van der Waals surface area (Å²) in [5, 5.41) is 9.90. The Labute approximate surface area is 153 Å². The lowest BCUT2D eigenvalue weighted by Gasteiger charge is -2.03. The van der Waals surface area contributed by atoms with Gasteiger partial charge in [-0.1, -0.05) is 29.8 Å². The van der Waals surface area contributed by atoms with Crippen LogP contribution in [-0.4, -0.2) is 24.5 Å². The third-order valence-corrected chi connectivity index (χ3v) is 6.47. The van der Waals surface area contributed by atoms with Crippen LogP contribution in [0.5, 0.6) is 0 Å². The molecule has 0 saturated heterocycles. The number of aromatic carboxylic acids is 1. The maximum absolute atomic E-state index is 12.5. The Balaban J connectivity index is 2.01. The Bertz CT molecular complexity index is 1010. The zero-order chi connectivity index (χ0) is 18.0. The van der Waals surface area contributed by atoms with E-state index in [1.807, 2.05) is 0 Å². The fourth-order valence-electron chi connectivity index (χ4n) is 2.28. The van der Waals surface area contributed by atoms with Crippen LogP contribution in [0.3, 0.4) is 0 Å². The average Bonchev–Trinajstić information content (AvgIpc) is 2.99. The van der Waals surface area contributed by atoms with Gasteiger partial charge < -0.3 is 5.11 Å². The molecule has 0 fully saturated rings. The van der Waals surface area contributed by atoms with E-state index < -0.39 is 21.6 Å². The lowest BCUT2D eigenvalue weighted by Crippen LogP contribution is -2.08. The normalized spacial score (nSPS) is 11.4. The van der Waals surface area contributed by atoms with Gasteiger partial charge in [-0.3, -0.25) is 0 Å². The lowest BCUT2D eigenvalue weighted by atomic mass is 10.1. The zero-order valence-corrected chi connectivity index (χ0v) is 15.1. The number of thiophene rings is 1. The molecular formula is C17H12ClNO4S2. The molecule has 0 saturated carbocycles. The molecule has 8 heteroatoms. The molecule has 1 N–H and O–H groups in total. The number of carboxylic acid groups (broad SMARTS) is 1. The van der Waals surface area contributed by atoms with Crippen LogP contribution in [-0.2, 0) is 15.6 Å². The summed E-state index contributed by atoms with van der Waals surface area (Å²) in [6, 6.07) is 13.1. The number of hydrogen-bond donors (Lipinski definition) is 1. The third-order valence-electron chi connectivity index (χ3n) is 3.43. The maximum Gasteiger partial charge on any atom is 0.346 e. The van der Waals surface area contributed by atoms with Crippen LogP contribution in [0.2, 0.25) is 5.02 Å². The molecule has 0 bridgehead atoms. The average molecular weight is 394 g/mol. The molecule has 0 atom stereocenters. The lowest BCUT2D eigenvalue weighted by molar-refractivity contribution is 0.0701. The summed E-state index contributed by atoms with van der Waals surface area (Å²) in [5.41, 5.74) is 1.02. The molecule has 0 aliphatic carbocycles. The van der Waals surface area contributed by atoms with Crippen molar-refractivity contribution in [2.75, 3.05) is 0 Å². The minimum atomic E-state index is -3.73. The predicted molar refractivity (Wildman–Crippen MR) is 96.9 cm³/mol. The number of sulfone groups is 1. The van der Waals surface area contributed by atoms with Crippen LogP contribution in [0, 0.1) is 0 Å². The first-order valence-electron chi connectivity index (χ1n) is 7.12. The molecule has 3 rings (SSSR count). The molecule has 25 heavy (non-hydrogen) atoms. The van der Waals surface area contributed by atoms with Gasteiger partial charge in [0.25, 0.3) is 0 Å². The van der Waals surface area contributed by atoms with E-state index >= 15 is 0 Å².